The smallest absolute Gasteiger partial charge is 0.224 e. The fourth-order valence-corrected chi connectivity index (χ4v) is 3.12. The van der Waals surface area contributed by atoms with Crippen molar-refractivity contribution in [2.75, 3.05) is 31.6 Å². The Hall–Kier alpha value is -2.28. The molecule has 0 atom stereocenters. The van der Waals surface area contributed by atoms with Gasteiger partial charge in [-0.2, -0.15) is 0 Å². The van der Waals surface area contributed by atoms with E-state index in [2.05, 4.69) is 15.2 Å². The van der Waals surface area contributed by atoms with Crippen molar-refractivity contribution < 1.29 is 14.3 Å². The molecule has 142 valence electrons. The highest BCUT2D eigenvalue weighted by Gasteiger charge is 2.14. The van der Waals surface area contributed by atoms with E-state index >= 15 is 0 Å². The number of carbonyl (C=O) groups is 2. The van der Waals surface area contributed by atoms with Crippen molar-refractivity contribution in [2.45, 2.75) is 19.4 Å². The monoisotopic (exact) mass is 387 g/mol. The molecule has 1 saturated heterocycles. The maximum atomic E-state index is 12.1. The van der Waals surface area contributed by atoms with Crippen molar-refractivity contribution in [1.29, 1.82) is 0 Å². The number of amides is 1. The van der Waals surface area contributed by atoms with Crippen LogP contribution in [-0.2, 0) is 16.1 Å². The number of rotatable bonds is 7. The number of anilines is 1. The van der Waals surface area contributed by atoms with Crippen LogP contribution in [0.4, 0.5) is 5.69 Å². The first-order valence-corrected chi connectivity index (χ1v) is 9.31. The SMILES string of the molecule is O=C(CCC(=O)c1cccnc1)Nc1ccc(CN2CCOCC2)c(Cl)c1. The van der Waals surface area contributed by atoms with Crippen molar-refractivity contribution in [3.05, 3.63) is 58.9 Å². The number of carbonyl (C=O) groups excluding carboxylic acids is 2. The molecule has 1 fully saturated rings. The molecule has 1 aliphatic heterocycles. The average Bonchev–Trinajstić information content (AvgIpc) is 2.70. The van der Waals surface area contributed by atoms with Crippen LogP contribution in [0.2, 0.25) is 5.02 Å². The third kappa shape index (κ3) is 5.85. The fourth-order valence-electron chi connectivity index (χ4n) is 2.88. The van der Waals surface area contributed by atoms with Gasteiger partial charge in [0.25, 0.3) is 0 Å². The van der Waals surface area contributed by atoms with Gasteiger partial charge < -0.3 is 10.1 Å². The molecule has 1 aromatic carbocycles. The average molecular weight is 388 g/mol. The summed E-state index contributed by atoms with van der Waals surface area (Å²) in [6.45, 7) is 4.02. The van der Waals surface area contributed by atoms with E-state index in [0.29, 0.717) is 16.3 Å². The topological polar surface area (TPSA) is 71.5 Å². The summed E-state index contributed by atoms with van der Waals surface area (Å²) in [5, 5.41) is 3.41. The van der Waals surface area contributed by atoms with Crippen molar-refractivity contribution in [2.24, 2.45) is 0 Å². The Bertz CT molecular complexity index is 792. The standard InChI is InChI=1S/C20H22ClN3O3/c21-18-12-17(4-3-16(18)14-24-8-10-27-11-9-24)23-20(26)6-5-19(25)15-2-1-7-22-13-15/h1-4,7,12-13H,5-6,8-11,14H2,(H,23,26). The normalized spacial score (nSPS) is 14.7. The van der Waals surface area contributed by atoms with Crippen LogP contribution >= 0.6 is 11.6 Å². The van der Waals surface area contributed by atoms with Crippen LogP contribution < -0.4 is 5.32 Å². The quantitative estimate of drug-likeness (QED) is 0.739. The lowest BCUT2D eigenvalue weighted by Gasteiger charge is -2.27. The van der Waals surface area contributed by atoms with Crippen molar-refractivity contribution in [3.63, 3.8) is 0 Å². The molecule has 1 aliphatic rings. The Morgan fingerprint density at radius 1 is 1.19 bits per heavy atom. The zero-order chi connectivity index (χ0) is 19.1. The van der Waals surface area contributed by atoms with Crippen LogP contribution in [0.3, 0.4) is 0 Å². The summed E-state index contributed by atoms with van der Waals surface area (Å²) in [5.74, 6) is -0.318. The fraction of sp³-hybridized carbons (Fsp3) is 0.350. The first-order chi connectivity index (χ1) is 13.1. The van der Waals surface area contributed by atoms with Gasteiger partial charge in [-0.3, -0.25) is 19.5 Å². The van der Waals surface area contributed by atoms with E-state index in [1.54, 1.807) is 24.4 Å². The second-order valence-electron chi connectivity index (χ2n) is 6.41. The van der Waals surface area contributed by atoms with Crippen molar-refractivity contribution >= 4 is 29.0 Å². The van der Waals surface area contributed by atoms with Crippen LogP contribution in [0.1, 0.15) is 28.8 Å². The Morgan fingerprint density at radius 3 is 2.70 bits per heavy atom. The number of pyridine rings is 1. The molecule has 2 aromatic rings. The summed E-state index contributed by atoms with van der Waals surface area (Å²) in [7, 11) is 0. The molecule has 1 aromatic heterocycles. The van der Waals surface area contributed by atoms with Crippen molar-refractivity contribution in [3.8, 4) is 0 Å². The van der Waals surface area contributed by atoms with E-state index in [4.69, 9.17) is 16.3 Å². The largest absolute Gasteiger partial charge is 0.379 e. The van der Waals surface area contributed by atoms with E-state index in [0.717, 1.165) is 38.4 Å². The Kier molecular flexibility index (Phi) is 6.92. The second-order valence-corrected chi connectivity index (χ2v) is 6.81. The number of aromatic nitrogens is 1. The molecule has 0 radical (unpaired) electrons. The molecule has 0 spiro atoms. The van der Waals surface area contributed by atoms with E-state index in [-0.39, 0.29) is 24.5 Å². The molecule has 3 rings (SSSR count). The maximum Gasteiger partial charge on any atom is 0.224 e. The van der Waals surface area contributed by atoms with Crippen LogP contribution in [0, 0.1) is 0 Å². The molecule has 7 heteroatoms. The number of hydrogen-bond acceptors (Lipinski definition) is 5. The van der Waals surface area contributed by atoms with Gasteiger partial charge in [-0.05, 0) is 29.8 Å². The number of nitrogens with one attached hydrogen (secondary N) is 1. The van der Waals surface area contributed by atoms with Crippen LogP contribution in [0.5, 0.6) is 0 Å². The van der Waals surface area contributed by atoms with E-state index in [1.807, 2.05) is 12.1 Å². The molecule has 0 aliphatic carbocycles. The van der Waals surface area contributed by atoms with Crippen LogP contribution in [0.15, 0.2) is 42.7 Å². The number of ketones is 1. The van der Waals surface area contributed by atoms with Gasteiger partial charge in [0.15, 0.2) is 5.78 Å². The number of ether oxygens (including phenoxy) is 1. The van der Waals surface area contributed by atoms with Gasteiger partial charge in [0, 0.05) is 61.1 Å². The summed E-state index contributed by atoms with van der Waals surface area (Å²) < 4.78 is 5.35. The summed E-state index contributed by atoms with van der Waals surface area (Å²) >= 11 is 6.37. The van der Waals surface area contributed by atoms with Crippen LogP contribution in [0.25, 0.3) is 0 Å². The molecule has 2 heterocycles. The highest BCUT2D eigenvalue weighted by atomic mass is 35.5. The molecule has 1 N–H and O–H groups in total. The van der Waals surface area contributed by atoms with Gasteiger partial charge >= 0.3 is 0 Å². The highest BCUT2D eigenvalue weighted by Crippen LogP contribution is 2.23. The van der Waals surface area contributed by atoms with Gasteiger partial charge in [-0.1, -0.05) is 17.7 Å². The van der Waals surface area contributed by atoms with Gasteiger partial charge in [-0.15, -0.1) is 0 Å². The Morgan fingerprint density at radius 2 is 2.00 bits per heavy atom. The lowest BCUT2D eigenvalue weighted by Crippen LogP contribution is -2.35. The maximum absolute atomic E-state index is 12.1. The van der Waals surface area contributed by atoms with Crippen LogP contribution in [-0.4, -0.2) is 47.9 Å². The number of halogens is 1. The lowest BCUT2D eigenvalue weighted by molar-refractivity contribution is -0.116. The Balaban J connectivity index is 1.50. The molecule has 0 unspecified atom stereocenters. The van der Waals surface area contributed by atoms with E-state index in [1.165, 1.54) is 6.20 Å². The summed E-state index contributed by atoms with van der Waals surface area (Å²) in [6, 6.07) is 8.91. The number of Topliss-reactive ketones (excluding diaryl/α,β-unsaturated/α-hetero) is 1. The number of benzene rings is 1. The molecule has 27 heavy (non-hydrogen) atoms. The minimum Gasteiger partial charge on any atom is -0.379 e. The number of nitrogens with zero attached hydrogens (tertiary/aromatic N) is 2. The first-order valence-electron chi connectivity index (χ1n) is 8.93. The highest BCUT2D eigenvalue weighted by molar-refractivity contribution is 6.31. The second kappa shape index (κ2) is 9.60. The van der Waals surface area contributed by atoms with Gasteiger partial charge in [0.05, 0.1) is 13.2 Å². The molecular weight excluding hydrogens is 366 g/mol. The number of hydrogen-bond donors (Lipinski definition) is 1. The number of morpholine rings is 1. The van der Waals surface area contributed by atoms with Gasteiger partial charge in [0.2, 0.25) is 5.91 Å². The predicted octanol–water partition coefficient (Wildman–Crippen LogP) is 3.17. The summed E-state index contributed by atoms with van der Waals surface area (Å²) in [6.07, 6.45) is 3.37. The third-order valence-corrected chi connectivity index (χ3v) is 4.75. The zero-order valence-electron chi connectivity index (χ0n) is 15.0. The summed E-state index contributed by atoms with van der Waals surface area (Å²) in [4.78, 5) is 30.4. The van der Waals surface area contributed by atoms with E-state index in [9.17, 15) is 9.59 Å². The minimum atomic E-state index is -0.218. The third-order valence-electron chi connectivity index (χ3n) is 4.40. The lowest BCUT2D eigenvalue weighted by atomic mass is 10.1. The van der Waals surface area contributed by atoms with Gasteiger partial charge in [0.1, 0.15) is 0 Å². The minimum absolute atomic E-state index is 0.0999. The molecular formula is C20H22ClN3O3. The molecule has 0 bridgehead atoms. The molecule has 0 saturated carbocycles. The van der Waals surface area contributed by atoms with Crippen molar-refractivity contribution in [1.82, 2.24) is 9.88 Å². The van der Waals surface area contributed by atoms with Gasteiger partial charge in [-0.25, -0.2) is 0 Å². The first kappa shape index (κ1) is 19.5. The van der Waals surface area contributed by atoms with E-state index < -0.39 is 0 Å². The predicted molar refractivity (Wildman–Crippen MR) is 104 cm³/mol. The Labute approximate surface area is 163 Å². The molecule has 1 amide bonds. The summed E-state index contributed by atoms with van der Waals surface area (Å²) in [5.41, 5.74) is 2.16. The zero-order valence-corrected chi connectivity index (χ0v) is 15.7. The molecule has 6 nitrogen and oxygen atoms in total.